The maximum atomic E-state index is 11.5. The van der Waals surface area contributed by atoms with Crippen molar-refractivity contribution in [2.24, 2.45) is 11.5 Å². The van der Waals surface area contributed by atoms with Crippen molar-refractivity contribution in [2.75, 3.05) is 6.61 Å². The molecule has 0 aliphatic heterocycles. The topological polar surface area (TPSA) is 87.6 Å². The minimum absolute atomic E-state index is 0.255. The van der Waals surface area contributed by atoms with E-state index in [0.717, 1.165) is 32.1 Å². The molecular weight excluding hydrogens is 227 g/mol. The third-order valence-corrected chi connectivity index (χ3v) is 3.78. The predicted octanol–water partition coefficient (Wildman–Crippen LogP) is 2.03. The minimum Gasteiger partial charge on any atom is -0.324 e. The van der Waals surface area contributed by atoms with Crippen LogP contribution in [0.3, 0.4) is 0 Å². The quantitative estimate of drug-likeness (QED) is 0.427. The molecule has 1 saturated carbocycles. The first-order valence-corrected chi connectivity index (χ1v) is 7.02. The lowest BCUT2D eigenvalue weighted by Gasteiger charge is -2.33. The molecule has 4 N–H and O–H groups in total. The van der Waals surface area contributed by atoms with Crippen molar-refractivity contribution in [2.45, 2.75) is 57.2 Å². The van der Waals surface area contributed by atoms with Gasteiger partial charge in [0.15, 0.2) is 5.72 Å². The molecule has 1 aliphatic rings. The summed E-state index contributed by atoms with van der Waals surface area (Å²) in [4.78, 5) is 0. The van der Waals surface area contributed by atoms with Crippen LogP contribution in [0.5, 0.6) is 0 Å². The Bertz CT molecular complexity index is 240. The van der Waals surface area contributed by atoms with E-state index >= 15 is 0 Å². The molecule has 0 aromatic rings. The van der Waals surface area contributed by atoms with Crippen molar-refractivity contribution >= 4 is 8.25 Å². The van der Waals surface area contributed by atoms with Gasteiger partial charge in [0, 0.05) is 4.57 Å². The molecule has 0 spiro atoms. The summed E-state index contributed by atoms with van der Waals surface area (Å²) in [6.07, 6.45) is 5.34. The van der Waals surface area contributed by atoms with Crippen LogP contribution in [0.1, 0.15) is 45.4 Å². The summed E-state index contributed by atoms with van der Waals surface area (Å²) in [5.74, 6) is 0. The molecule has 16 heavy (non-hydrogen) atoms. The van der Waals surface area contributed by atoms with E-state index in [0.29, 0.717) is 13.0 Å². The normalized spacial score (nSPS) is 31.4. The Hall–Kier alpha value is -0.0600. The van der Waals surface area contributed by atoms with E-state index in [9.17, 15) is 4.57 Å². The lowest BCUT2D eigenvalue weighted by molar-refractivity contribution is 0.00923. The van der Waals surface area contributed by atoms with Crippen LogP contribution in [0.2, 0.25) is 0 Å². The summed E-state index contributed by atoms with van der Waals surface area (Å²) in [7, 11) is -2.15. The van der Waals surface area contributed by atoms with E-state index in [1.165, 1.54) is 0 Å². The van der Waals surface area contributed by atoms with Crippen molar-refractivity contribution in [3.8, 4) is 0 Å². The van der Waals surface area contributed by atoms with Crippen molar-refractivity contribution in [3.05, 3.63) is 0 Å². The van der Waals surface area contributed by atoms with Crippen molar-refractivity contribution in [1.29, 1.82) is 0 Å². The molecule has 0 saturated heterocycles. The average Bonchev–Trinajstić information content (AvgIpc) is 2.23. The molecule has 0 heterocycles. The monoisotopic (exact) mass is 249 g/mol. The highest BCUT2D eigenvalue weighted by molar-refractivity contribution is 7.33. The molecule has 0 radical (unpaired) electrons. The Morgan fingerprint density at radius 3 is 2.88 bits per heavy atom. The number of hydrogen-bond acceptors (Lipinski definition) is 5. The second-order valence-electron chi connectivity index (χ2n) is 4.31. The predicted molar refractivity (Wildman–Crippen MR) is 62.9 cm³/mol. The molecule has 3 unspecified atom stereocenters. The molecule has 3 atom stereocenters. The molecule has 0 bridgehead atoms. The zero-order valence-corrected chi connectivity index (χ0v) is 10.7. The number of unbranched alkanes of at least 4 members (excludes halogenated alkanes) is 1. The number of nitrogens with two attached hydrogens (primary N) is 2. The fraction of sp³-hybridized carbons (Fsp3) is 1.00. The highest BCUT2D eigenvalue weighted by Gasteiger charge is 2.44. The van der Waals surface area contributed by atoms with Crippen molar-refractivity contribution < 1.29 is 13.6 Å². The van der Waals surface area contributed by atoms with Gasteiger partial charge in [0.1, 0.15) is 6.61 Å². The van der Waals surface area contributed by atoms with E-state index in [4.69, 9.17) is 20.5 Å². The summed E-state index contributed by atoms with van der Waals surface area (Å²) >= 11 is 0. The Balaban J connectivity index is 2.35. The van der Waals surface area contributed by atoms with Crippen LogP contribution >= 0.6 is 8.25 Å². The van der Waals surface area contributed by atoms with E-state index in [-0.39, 0.29) is 6.04 Å². The molecule has 1 fully saturated rings. The van der Waals surface area contributed by atoms with E-state index in [1.54, 1.807) is 0 Å². The van der Waals surface area contributed by atoms with Crippen LogP contribution < -0.4 is 11.5 Å². The fourth-order valence-electron chi connectivity index (χ4n) is 1.76. The summed E-state index contributed by atoms with van der Waals surface area (Å²) in [6, 6.07) is -0.255. The molecular formula is C10H22N2O3P+. The first-order valence-electron chi connectivity index (χ1n) is 5.92. The summed E-state index contributed by atoms with van der Waals surface area (Å²) in [5, 5.41) is 0. The smallest absolute Gasteiger partial charge is 0.324 e. The van der Waals surface area contributed by atoms with Gasteiger partial charge >= 0.3 is 8.25 Å². The van der Waals surface area contributed by atoms with Crippen molar-refractivity contribution in [3.63, 3.8) is 0 Å². The number of rotatable bonds is 6. The maximum absolute atomic E-state index is 11.5. The third kappa shape index (κ3) is 4.07. The van der Waals surface area contributed by atoms with Gasteiger partial charge in [0.05, 0.1) is 6.04 Å². The second-order valence-corrected chi connectivity index (χ2v) is 5.20. The minimum atomic E-state index is -2.15. The molecule has 5 nitrogen and oxygen atoms in total. The van der Waals surface area contributed by atoms with Gasteiger partial charge in [-0.05, 0) is 25.7 Å². The van der Waals surface area contributed by atoms with Gasteiger partial charge in [-0.15, -0.1) is 4.52 Å². The van der Waals surface area contributed by atoms with Crippen LogP contribution in [0.4, 0.5) is 0 Å². The lowest BCUT2D eigenvalue weighted by atomic mass is 9.88. The zero-order valence-electron chi connectivity index (χ0n) is 9.85. The molecule has 6 heteroatoms. The van der Waals surface area contributed by atoms with Gasteiger partial charge < -0.3 is 5.73 Å². The second kappa shape index (κ2) is 6.62. The number of hydrogen-bond donors (Lipinski definition) is 2. The Labute approximate surface area is 97.8 Å². The van der Waals surface area contributed by atoms with Gasteiger partial charge in [-0.2, -0.15) is 0 Å². The third-order valence-electron chi connectivity index (χ3n) is 2.90. The summed E-state index contributed by atoms with van der Waals surface area (Å²) in [5.41, 5.74) is 10.9. The zero-order chi connectivity index (χ0) is 12.0. The first-order chi connectivity index (χ1) is 7.58. The van der Waals surface area contributed by atoms with Gasteiger partial charge in [-0.1, -0.05) is 24.3 Å². The highest BCUT2D eigenvalue weighted by Crippen LogP contribution is 2.36. The molecule has 0 aromatic heterocycles. The molecule has 0 aromatic carbocycles. The average molecular weight is 249 g/mol. The maximum Gasteiger partial charge on any atom is 0.699 e. The van der Waals surface area contributed by atoms with E-state index in [1.807, 2.05) is 6.92 Å². The fourth-order valence-corrected chi connectivity index (χ4v) is 2.59. The Morgan fingerprint density at radius 2 is 2.25 bits per heavy atom. The van der Waals surface area contributed by atoms with Gasteiger partial charge in [0.2, 0.25) is 0 Å². The van der Waals surface area contributed by atoms with Crippen LogP contribution in [0.25, 0.3) is 0 Å². The van der Waals surface area contributed by atoms with Crippen molar-refractivity contribution in [1.82, 2.24) is 0 Å². The summed E-state index contributed by atoms with van der Waals surface area (Å²) < 4.78 is 21.8. The van der Waals surface area contributed by atoms with Crippen LogP contribution in [0, 0.1) is 0 Å². The molecule has 1 aliphatic carbocycles. The Morgan fingerprint density at radius 1 is 1.50 bits per heavy atom. The van der Waals surface area contributed by atoms with Crippen LogP contribution in [-0.2, 0) is 13.6 Å². The summed E-state index contributed by atoms with van der Waals surface area (Å²) in [6.45, 7) is 2.48. The molecule has 1 rings (SSSR count). The SMILES string of the molecule is CCCCO[P+](=O)OC1(N)CCCCC1N. The van der Waals surface area contributed by atoms with Gasteiger partial charge in [-0.3, -0.25) is 5.73 Å². The van der Waals surface area contributed by atoms with Gasteiger partial charge in [-0.25, -0.2) is 0 Å². The van der Waals surface area contributed by atoms with Gasteiger partial charge in [0.25, 0.3) is 0 Å². The van der Waals surface area contributed by atoms with E-state index < -0.39 is 14.0 Å². The standard InChI is InChI=1S/C10H22N2O3P/c1-2-3-8-14-16(13)15-10(12)7-5-4-6-9(10)11/h9H,2-8,11-12H2,1H3/q+1. The van der Waals surface area contributed by atoms with Crippen LogP contribution in [-0.4, -0.2) is 18.4 Å². The highest BCUT2D eigenvalue weighted by atomic mass is 31.1. The van der Waals surface area contributed by atoms with E-state index in [2.05, 4.69) is 0 Å². The lowest BCUT2D eigenvalue weighted by Crippen LogP contribution is -2.57. The Kier molecular flexibility index (Phi) is 5.79. The molecule has 0 amide bonds. The largest absolute Gasteiger partial charge is 0.699 e. The molecule has 94 valence electrons. The first kappa shape index (κ1) is 14.0. The van der Waals surface area contributed by atoms with Crippen LogP contribution in [0.15, 0.2) is 0 Å².